The van der Waals surface area contributed by atoms with Crippen LogP contribution in [0.1, 0.15) is 11.1 Å². The van der Waals surface area contributed by atoms with Gasteiger partial charge in [0, 0.05) is 23.4 Å². The normalized spacial score (nSPS) is 10.8. The minimum absolute atomic E-state index is 0.0735. The monoisotopic (exact) mass is 391 g/mol. The number of anilines is 1. The number of nitrogens with zero attached hydrogens (tertiary/aromatic N) is 2. The number of carbonyl (C=O) groups excluding carboxylic acids is 1. The summed E-state index contributed by atoms with van der Waals surface area (Å²) in [6.45, 7) is 0. The van der Waals surface area contributed by atoms with Crippen molar-refractivity contribution in [1.29, 1.82) is 0 Å². The number of aromatic nitrogens is 2. The van der Waals surface area contributed by atoms with Gasteiger partial charge in [0.15, 0.2) is 5.13 Å². The van der Waals surface area contributed by atoms with Gasteiger partial charge in [0.1, 0.15) is 5.03 Å². The lowest BCUT2D eigenvalue weighted by Crippen LogP contribution is -2.14. The summed E-state index contributed by atoms with van der Waals surface area (Å²) in [4.78, 5) is 21.1. The zero-order chi connectivity index (χ0) is 18.5. The number of rotatable bonds is 6. The summed E-state index contributed by atoms with van der Waals surface area (Å²) in [6, 6.07) is 20.6. The van der Waals surface area contributed by atoms with Gasteiger partial charge in [-0.15, -0.1) is 11.3 Å². The predicted octanol–water partition coefficient (Wildman–Crippen LogP) is 5.01. The zero-order valence-electron chi connectivity index (χ0n) is 14.5. The second kappa shape index (κ2) is 8.33. The molecular formula is C21H17N3OS2. The Kier molecular flexibility index (Phi) is 5.46. The Hall–Kier alpha value is -2.70. The summed E-state index contributed by atoms with van der Waals surface area (Å²) < 4.78 is 0. The van der Waals surface area contributed by atoms with E-state index < -0.39 is 0 Å². The van der Waals surface area contributed by atoms with Crippen LogP contribution in [0.2, 0.25) is 0 Å². The molecule has 0 radical (unpaired) electrons. The van der Waals surface area contributed by atoms with E-state index in [1.807, 2.05) is 41.8 Å². The average Bonchev–Trinajstić information content (AvgIpc) is 3.20. The molecule has 4 rings (SSSR count). The average molecular weight is 392 g/mol. The molecule has 0 atom stereocenters. The number of thioether (sulfide) groups is 1. The standard InChI is InChI=1S/C21H17N3OS2/c25-19(24-21-22-10-11-26-21)14-27-20-17(12-15-6-2-1-3-7-15)13-16-8-4-5-9-18(16)23-20/h1-11,13H,12,14H2,(H,22,24,25). The van der Waals surface area contributed by atoms with E-state index in [4.69, 9.17) is 4.98 Å². The maximum Gasteiger partial charge on any atom is 0.236 e. The van der Waals surface area contributed by atoms with E-state index in [9.17, 15) is 4.79 Å². The molecule has 0 unspecified atom stereocenters. The molecule has 0 saturated carbocycles. The predicted molar refractivity (Wildman–Crippen MR) is 112 cm³/mol. The highest BCUT2D eigenvalue weighted by Gasteiger charge is 2.12. The van der Waals surface area contributed by atoms with Crippen LogP contribution in [-0.2, 0) is 11.2 Å². The smallest absolute Gasteiger partial charge is 0.236 e. The third-order valence-electron chi connectivity index (χ3n) is 4.02. The van der Waals surface area contributed by atoms with Crippen LogP contribution in [0.4, 0.5) is 5.13 Å². The fraction of sp³-hybridized carbons (Fsp3) is 0.0952. The molecule has 0 aliphatic carbocycles. The van der Waals surface area contributed by atoms with Crippen LogP contribution < -0.4 is 5.32 Å². The lowest BCUT2D eigenvalue weighted by Gasteiger charge is -2.11. The van der Waals surface area contributed by atoms with Crippen molar-refractivity contribution in [2.75, 3.05) is 11.1 Å². The van der Waals surface area contributed by atoms with Gasteiger partial charge in [-0.1, -0.05) is 60.3 Å². The van der Waals surface area contributed by atoms with Gasteiger partial charge in [-0.3, -0.25) is 4.79 Å². The number of fused-ring (bicyclic) bond motifs is 1. The van der Waals surface area contributed by atoms with E-state index in [1.54, 1.807) is 6.20 Å². The fourth-order valence-corrected chi connectivity index (χ4v) is 4.15. The number of carbonyl (C=O) groups is 1. The lowest BCUT2D eigenvalue weighted by atomic mass is 10.0. The van der Waals surface area contributed by atoms with Crippen molar-refractivity contribution in [3.05, 3.63) is 83.4 Å². The number of amides is 1. The molecule has 2 heterocycles. The van der Waals surface area contributed by atoms with Crippen LogP contribution in [0.15, 0.2) is 77.3 Å². The highest BCUT2D eigenvalue weighted by atomic mass is 32.2. The summed E-state index contributed by atoms with van der Waals surface area (Å²) in [5.41, 5.74) is 3.30. The van der Waals surface area contributed by atoms with E-state index in [-0.39, 0.29) is 5.91 Å². The Morgan fingerprint density at radius 2 is 1.89 bits per heavy atom. The summed E-state index contributed by atoms with van der Waals surface area (Å²) >= 11 is 2.88. The van der Waals surface area contributed by atoms with Gasteiger partial charge in [-0.05, 0) is 23.3 Å². The quantitative estimate of drug-likeness (QED) is 0.469. The Balaban J connectivity index is 1.57. The zero-order valence-corrected chi connectivity index (χ0v) is 16.1. The van der Waals surface area contributed by atoms with E-state index in [2.05, 4.69) is 34.6 Å². The van der Waals surface area contributed by atoms with E-state index in [1.165, 1.54) is 28.7 Å². The van der Waals surface area contributed by atoms with Crippen LogP contribution >= 0.6 is 23.1 Å². The second-order valence-electron chi connectivity index (χ2n) is 5.98. The summed E-state index contributed by atoms with van der Waals surface area (Å²) in [5.74, 6) is 0.225. The fourth-order valence-electron chi connectivity index (χ4n) is 2.78. The van der Waals surface area contributed by atoms with Crippen LogP contribution in [0.25, 0.3) is 10.9 Å². The Morgan fingerprint density at radius 1 is 1.07 bits per heavy atom. The molecule has 0 spiro atoms. The van der Waals surface area contributed by atoms with E-state index in [0.29, 0.717) is 10.9 Å². The van der Waals surface area contributed by atoms with Crippen molar-refractivity contribution in [3.8, 4) is 0 Å². The van der Waals surface area contributed by atoms with Crippen molar-refractivity contribution >= 4 is 45.0 Å². The number of nitrogens with one attached hydrogen (secondary N) is 1. The first-order chi connectivity index (χ1) is 13.3. The second-order valence-corrected chi connectivity index (χ2v) is 7.84. The summed E-state index contributed by atoms with van der Waals surface area (Å²) in [5, 5.41) is 7.29. The van der Waals surface area contributed by atoms with Crippen LogP contribution in [-0.4, -0.2) is 21.6 Å². The van der Waals surface area contributed by atoms with Crippen molar-refractivity contribution < 1.29 is 4.79 Å². The van der Waals surface area contributed by atoms with Gasteiger partial charge in [0.25, 0.3) is 0 Å². The Labute approximate surface area is 165 Å². The van der Waals surface area contributed by atoms with Crippen molar-refractivity contribution in [1.82, 2.24) is 9.97 Å². The molecule has 1 amide bonds. The minimum Gasteiger partial charge on any atom is -0.301 e. The molecule has 27 heavy (non-hydrogen) atoms. The maximum atomic E-state index is 12.2. The minimum atomic E-state index is -0.0735. The number of pyridine rings is 1. The SMILES string of the molecule is O=C(CSc1nc2ccccc2cc1Cc1ccccc1)Nc1nccs1. The highest BCUT2D eigenvalue weighted by Crippen LogP contribution is 2.27. The third kappa shape index (κ3) is 4.53. The Morgan fingerprint density at radius 3 is 2.70 bits per heavy atom. The first-order valence-electron chi connectivity index (χ1n) is 8.53. The molecule has 0 aliphatic rings. The third-order valence-corrected chi connectivity index (χ3v) is 5.74. The van der Waals surface area contributed by atoms with Gasteiger partial charge < -0.3 is 5.32 Å². The first kappa shape index (κ1) is 17.7. The maximum absolute atomic E-state index is 12.2. The number of para-hydroxylation sites is 1. The van der Waals surface area contributed by atoms with Gasteiger partial charge in [0.2, 0.25) is 5.91 Å². The summed E-state index contributed by atoms with van der Waals surface area (Å²) in [6.07, 6.45) is 2.46. The molecule has 6 heteroatoms. The molecular weight excluding hydrogens is 374 g/mol. The number of hydrogen-bond donors (Lipinski definition) is 1. The van der Waals surface area contributed by atoms with Crippen LogP contribution in [0.3, 0.4) is 0 Å². The van der Waals surface area contributed by atoms with Gasteiger partial charge >= 0.3 is 0 Å². The largest absolute Gasteiger partial charge is 0.301 e. The molecule has 0 saturated heterocycles. The molecule has 2 aromatic carbocycles. The summed E-state index contributed by atoms with van der Waals surface area (Å²) in [7, 11) is 0. The van der Waals surface area contributed by atoms with E-state index >= 15 is 0 Å². The van der Waals surface area contributed by atoms with E-state index in [0.717, 1.165) is 27.9 Å². The van der Waals surface area contributed by atoms with Gasteiger partial charge in [-0.25, -0.2) is 9.97 Å². The molecule has 2 aromatic heterocycles. The van der Waals surface area contributed by atoms with Crippen molar-refractivity contribution in [2.24, 2.45) is 0 Å². The topological polar surface area (TPSA) is 54.9 Å². The first-order valence-corrected chi connectivity index (χ1v) is 10.4. The van der Waals surface area contributed by atoms with Gasteiger partial charge in [-0.2, -0.15) is 0 Å². The number of benzene rings is 2. The van der Waals surface area contributed by atoms with Crippen molar-refractivity contribution in [3.63, 3.8) is 0 Å². The van der Waals surface area contributed by atoms with Crippen molar-refractivity contribution in [2.45, 2.75) is 11.4 Å². The number of thiazole rings is 1. The molecule has 4 nitrogen and oxygen atoms in total. The molecule has 0 bridgehead atoms. The van der Waals surface area contributed by atoms with Gasteiger partial charge in [0.05, 0.1) is 11.3 Å². The molecule has 134 valence electrons. The molecule has 0 fully saturated rings. The molecule has 0 aliphatic heterocycles. The van der Waals surface area contributed by atoms with Crippen LogP contribution in [0.5, 0.6) is 0 Å². The lowest BCUT2D eigenvalue weighted by molar-refractivity contribution is -0.113. The molecule has 4 aromatic rings. The van der Waals surface area contributed by atoms with Crippen LogP contribution in [0, 0.1) is 0 Å². The number of hydrogen-bond acceptors (Lipinski definition) is 5. The Bertz CT molecular complexity index is 1050. The molecule has 1 N–H and O–H groups in total. The highest BCUT2D eigenvalue weighted by molar-refractivity contribution is 8.00.